The largest absolute Gasteiger partial charge is 0.416 e. The number of hydrogen-bond acceptors (Lipinski definition) is 4. The number of nitrogens with one attached hydrogen (secondary N) is 1. The zero-order valence-electron chi connectivity index (χ0n) is 25.7. The molecule has 7 nitrogen and oxygen atoms in total. The number of benzene rings is 3. The van der Waals surface area contributed by atoms with Crippen LogP contribution in [0.15, 0.2) is 78.9 Å². The van der Waals surface area contributed by atoms with Crippen molar-refractivity contribution < 1.29 is 31.2 Å². The Morgan fingerprint density at radius 3 is 2.14 bits per heavy atom. The second-order valence-corrected chi connectivity index (χ2v) is 13.8. The van der Waals surface area contributed by atoms with Gasteiger partial charge >= 0.3 is 6.18 Å². The molecular formula is C33H40F3N3O4S. The van der Waals surface area contributed by atoms with Gasteiger partial charge in [-0.05, 0) is 69.0 Å². The van der Waals surface area contributed by atoms with Crippen LogP contribution in [0.5, 0.6) is 0 Å². The minimum atomic E-state index is -4.65. The molecule has 0 bridgehead atoms. The lowest BCUT2D eigenvalue weighted by atomic mass is 9.99. The molecule has 0 heterocycles. The summed E-state index contributed by atoms with van der Waals surface area (Å²) in [7, 11) is -3.97. The molecule has 3 aromatic carbocycles. The Kier molecular flexibility index (Phi) is 11.2. The van der Waals surface area contributed by atoms with Crippen LogP contribution in [0.25, 0.3) is 0 Å². The van der Waals surface area contributed by atoms with Crippen LogP contribution in [-0.4, -0.2) is 49.5 Å². The summed E-state index contributed by atoms with van der Waals surface area (Å²) in [6.45, 7) is 7.40. The van der Waals surface area contributed by atoms with Crippen molar-refractivity contribution in [2.24, 2.45) is 0 Å². The maximum absolute atomic E-state index is 13.9. The molecule has 1 unspecified atom stereocenters. The molecule has 1 N–H and O–H groups in total. The topological polar surface area (TPSA) is 86.8 Å². The molecule has 0 aliphatic heterocycles. The third-order valence-corrected chi connectivity index (χ3v) is 8.18. The van der Waals surface area contributed by atoms with Crippen LogP contribution in [0.3, 0.4) is 0 Å². The first kappa shape index (κ1) is 34.6. The van der Waals surface area contributed by atoms with Crippen molar-refractivity contribution in [1.82, 2.24) is 10.2 Å². The lowest BCUT2D eigenvalue weighted by Crippen LogP contribution is -2.54. The summed E-state index contributed by atoms with van der Waals surface area (Å²) >= 11 is 0. The van der Waals surface area contributed by atoms with Crippen LogP contribution in [-0.2, 0) is 38.8 Å². The highest BCUT2D eigenvalue weighted by atomic mass is 32.2. The molecule has 0 aliphatic carbocycles. The first-order chi connectivity index (χ1) is 20.5. The van der Waals surface area contributed by atoms with Crippen molar-refractivity contribution in [2.75, 3.05) is 17.1 Å². The third kappa shape index (κ3) is 10.1. The molecule has 238 valence electrons. The summed E-state index contributed by atoms with van der Waals surface area (Å²) in [5.74, 6) is -0.708. The molecule has 0 aromatic heterocycles. The number of aryl methyl sites for hydroxylation is 1. The Balaban J connectivity index is 1.93. The van der Waals surface area contributed by atoms with Gasteiger partial charge in [0.25, 0.3) is 0 Å². The molecule has 0 fully saturated rings. The van der Waals surface area contributed by atoms with Gasteiger partial charge in [-0.1, -0.05) is 60.7 Å². The highest BCUT2D eigenvalue weighted by Gasteiger charge is 2.33. The second kappa shape index (κ2) is 14.3. The number of rotatable bonds is 12. The number of anilines is 1. The van der Waals surface area contributed by atoms with E-state index in [0.29, 0.717) is 0 Å². The number of amides is 2. The summed E-state index contributed by atoms with van der Waals surface area (Å²) in [5.41, 5.74) is 0.967. The third-order valence-electron chi connectivity index (χ3n) is 6.98. The van der Waals surface area contributed by atoms with Gasteiger partial charge < -0.3 is 10.2 Å². The highest BCUT2D eigenvalue weighted by Crippen LogP contribution is 2.32. The van der Waals surface area contributed by atoms with Crippen LogP contribution in [0.2, 0.25) is 0 Å². The minimum absolute atomic E-state index is 0.0192. The van der Waals surface area contributed by atoms with Gasteiger partial charge in [0.1, 0.15) is 6.04 Å². The molecule has 2 amide bonds. The van der Waals surface area contributed by atoms with Crippen LogP contribution in [0, 0.1) is 6.92 Å². The van der Waals surface area contributed by atoms with E-state index in [1.807, 2.05) is 82.3 Å². The van der Waals surface area contributed by atoms with E-state index in [-0.39, 0.29) is 49.9 Å². The fourth-order valence-electron chi connectivity index (χ4n) is 4.82. The number of nitrogens with zero attached hydrogens (tertiary/aromatic N) is 2. The number of hydrogen-bond donors (Lipinski definition) is 1. The molecular weight excluding hydrogens is 591 g/mol. The molecule has 0 saturated heterocycles. The molecule has 3 aromatic rings. The summed E-state index contributed by atoms with van der Waals surface area (Å²) in [6, 6.07) is 20.1. The summed E-state index contributed by atoms with van der Waals surface area (Å²) in [5, 5.41) is 3.00. The van der Waals surface area contributed by atoms with Crippen molar-refractivity contribution in [3.63, 3.8) is 0 Å². The quantitative estimate of drug-likeness (QED) is 0.261. The highest BCUT2D eigenvalue weighted by molar-refractivity contribution is 7.92. The van der Waals surface area contributed by atoms with Gasteiger partial charge in [0.15, 0.2) is 0 Å². The van der Waals surface area contributed by atoms with Gasteiger partial charge in [0, 0.05) is 31.5 Å². The maximum atomic E-state index is 13.9. The van der Waals surface area contributed by atoms with E-state index in [4.69, 9.17) is 0 Å². The van der Waals surface area contributed by atoms with Gasteiger partial charge in [-0.25, -0.2) is 8.42 Å². The Morgan fingerprint density at radius 2 is 1.55 bits per heavy atom. The molecule has 0 aliphatic rings. The van der Waals surface area contributed by atoms with Gasteiger partial charge in [-0.15, -0.1) is 0 Å². The number of sulfonamides is 1. The van der Waals surface area contributed by atoms with Gasteiger partial charge in [-0.2, -0.15) is 13.2 Å². The summed E-state index contributed by atoms with van der Waals surface area (Å²) < 4.78 is 66.1. The fraction of sp³-hybridized carbons (Fsp3) is 0.394. The van der Waals surface area contributed by atoms with E-state index in [0.717, 1.165) is 45.5 Å². The van der Waals surface area contributed by atoms with E-state index in [1.54, 1.807) is 0 Å². The van der Waals surface area contributed by atoms with E-state index in [1.165, 1.54) is 11.0 Å². The first-order valence-electron chi connectivity index (χ1n) is 14.3. The normalized spacial score (nSPS) is 12.8. The standard InChI is InChI=1S/C33H40F3N3O4S/c1-24-13-9-10-16-26(24)23-38(29(31(41)37-32(2,3)4)21-25-14-7-6-8-15-25)30(40)19-12-20-39(44(5,42)43)28-18-11-17-27(22-28)33(34,35)36/h6-11,13-18,22,29H,12,19-21,23H2,1-5H3,(H,37,41). The monoisotopic (exact) mass is 631 g/mol. The molecule has 0 radical (unpaired) electrons. The second-order valence-electron chi connectivity index (χ2n) is 11.9. The number of halogens is 3. The minimum Gasteiger partial charge on any atom is -0.350 e. The van der Waals surface area contributed by atoms with Crippen molar-refractivity contribution in [3.05, 3.63) is 101 Å². The smallest absolute Gasteiger partial charge is 0.350 e. The maximum Gasteiger partial charge on any atom is 0.416 e. The summed E-state index contributed by atoms with van der Waals surface area (Å²) in [6.07, 6.45) is -3.60. The summed E-state index contributed by atoms with van der Waals surface area (Å²) in [4.78, 5) is 29.2. The van der Waals surface area contributed by atoms with Crippen LogP contribution in [0.4, 0.5) is 18.9 Å². The molecule has 44 heavy (non-hydrogen) atoms. The lowest BCUT2D eigenvalue weighted by Gasteiger charge is -2.34. The van der Waals surface area contributed by atoms with Gasteiger partial charge in [-0.3, -0.25) is 13.9 Å². The number of carbonyl (C=O) groups is 2. The molecule has 0 spiro atoms. The average Bonchev–Trinajstić information content (AvgIpc) is 2.92. The first-order valence-corrected chi connectivity index (χ1v) is 16.2. The Labute approximate surface area is 258 Å². The van der Waals surface area contributed by atoms with E-state index in [9.17, 15) is 31.2 Å². The zero-order valence-corrected chi connectivity index (χ0v) is 26.5. The zero-order chi connectivity index (χ0) is 32.7. The van der Waals surface area contributed by atoms with Crippen LogP contribution < -0.4 is 9.62 Å². The van der Waals surface area contributed by atoms with Crippen molar-refractivity contribution >= 4 is 27.5 Å². The van der Waals surface area contributed by atoms with Crippen molar-refractivity contribution in [1.29, 1.82) is 0 Å². The lowest BCUT2D eigenvalue weighted by molar-refractivity contribution is -0.142. The molecule has 0 saturated carbocycles. The predicted octanol–water partition coefficient (Wildman–Crippen LogP) is 6.11. The van der Waals surface area contributed by atoms with Crippen LogP contribution in [0.1, 0.15) is 55.9 Å². The fourth-order valence-corrected chi connectivity index (χ4v) is 5.78. The average molecular weight is 632 g/mol. The molecule has 11 heteroatoms. The van der Waals surface area contributed by atoms with Crippen molar-refractivity contribution in [3.8, 4) is 0 Å². The van der Waals surface area contributed by atoms with E-state index < -0.39 is 33.3 Å². The molecule has 3 rings (SSSR count). The Bertz CT molecular complexity index is 1540. The van der Waals surface area contributed by atoms with Gasteiger partial charge in [0.2, 0.25) is 21.8 Å². The number of carbonyl (C=O) groups excluding carboxylic acids is 2. The molecule has 1 atom stereocenters. The van der Waals surface area contributed by atoms with E-state index in [2.05, 4.69) is 5.32 Å². The van der Waals surface area contributed by atoms with E-state index >= 15 is 0 Å². The van der Waals surface area contributed by atoms with Gasteiger partial charge in [0.05, 0.1) is 17.5 Å². The van der Waals surface area contributed by atoms with Crippen LogP contribution >= 0.6 is 0 Å². The Hall–Kier alpha value is -3.86. The SMILES string of the molecule is Cc1ccccc1CN(C(=O)CCCN(c1cccc(C(F)(F)F)c1)S(C)(=O)=O)C(Cc1ccccc1)C(=O)NC(C)(C)C. The van der Waals surface area contributed by atoms with Crippen molar-refractivity contribution in [2.45, 2.75) is 71.3 Å². The predicted molar refractivity (Wildman–Crippen MR) is 166 cm³/mol. The number of alkyl halides is 3. The Morgan fingerprint density at radius 1 is 0.909 bits per heavy atom.